The third kappa shape index (κ3) is 4.42. The zero-order valence-corrected chi connectivity index (χ0v) is 20.5. The Hall–Kier alpha value is -3.84. The van der Waals surface area contributed by atoms with E-state index in [2.05, 4.69) is 4.90 Å². The van der Waals surface area contributed by atoms with Crippen LogP contribution in [0.15, 0.2) is 82.7 Å². The van der Waals surface area contributed by atoms with Gasteiger partial charge in [-0.3, -0.25) is 14.5 Å². The van der Waals surface area contributed by atoms with E-state index in [0.29, 0.717) is 6.54 Å². The number of aryl methyl sites for hydroxylation is 1. The molecule has 7 heteroatoms. The molecule has 0 aliphatic carbocycles. The molecule has 7 nitrogen and oxygen atoms in total. The smallest absolute Gasteiger partial charge is 0.290 e. The number of Topliss-reactive ketones (excluding diaryl/α,β-unsaturated/α-hetero) is 1. The second-order valence-electron chi connectivity index (χ2n) is 9.37. The van der Waals surface area contributed by atoms with Crippen molar-refractivity contribution < 1.29 is 23.8 Å². The van der Waals surface area contributed by atoms with Crippen LogP contribution in [0.3, 0.4) is 0 Å². The Bertz CT molecular complexity index is 1260. The molecule has 0 saturated carbocycles. The maximum absolute atomic E-state index is 13.5. The number of likely N-dealkylation sites (tertiary alicyclic amines) is 1. The normalized spacial score (nSPS) is 19.2. The zero-order chi connectivity index (χ0) is 25.2. The molecule has 2 atom stereocenters. The highest BCUT2D eigenvalue weighted by molar-refractivity contribution is 6.15. The monoisotopic (exact) mass is 486 g/mol. The second-order valence-corrected chi connectivity index (χ2v) is 9.37. The Balaban J connectivity index is 1.55. The van der Waals surface area contributed by atoms with Crippen LogP contribution >= 0.6 is 0 Å². The first kappa shape index (κ1) is 23.9. The standard InChI is InChI=1S/C29H30N2O5/c1-19-7-9-21(10-8-19)26-25(27(32)24-6-5-17-36-24)28(33)29(34)31(26)18-23(30-15-3-4-16-30)20-11-13-22(35-2)14-12-20/h5-14,17,23,26,33H,3-4,15-16,18H2,1-2H3. The maximum Gasteiger partial charge on any atom is 0.290 e. The van der Waals surface area contributed by atoms with Crippen LogP contribution in [0.25, 0.3) is 0 Å². The molecule has 1 N–H and O–H groups in total. The van der Waals surface area contributed by atoms with Crippen molar-refractivity contribution >= 4 is 11.7 Å². The van der Waals surface area contributed by atoms with E-state index in [1.165, 1.54) is 6.26 Å². The lowest BCUT2D eigenvalue weighted by Crippen LogP contribution is -2.40. The molecule has 1 saturated heterocycles. The molecule has 0 radical (unpaired) electrons. The number of benzene rings is 2. The van der Waals surface area contributed by atoms with Gasteiger partial charge in [-0.2, -0.15) is 0 Å². The van der Waals surface area contributed by atoms with Gasteiger partial charge in [-0.05, 0) is 68.2 Å². The largest absolute Gasteiger partial charge is 0.503 e. The highest BCUT2D eigenvalue weighted by Gasteiger charge is 2.45. The summed E-state index contributed by atoms with van der Waals surface area (Å²) >= 11 is 0. The van der Waals surface area contributed by atoms with Gasteiger partial charge in [-0.15, -0.1) is 0 Å². The van der Waals surface area contributed by atoms with Crippen molar-refractivity contribution in [3.8, 4) is 5.75 Å². The molecule has 3 aromatic rings. The molecule has 1 fully saturated rings. The van der Waals surface area contributed by atoms with E-state index in [9.17, 15) is 14.7 Å². The first-order chi connectivity index (χ1) is 17.5. The molecule has 36 heavy (non-hydrogen) atoms. The third-order valence-corrected chi connectivity index (χ3v) is 7.14. The predicted molar refractivity (Wildman–Crippen MR) is 135 cm³/mol. The Morgan fingerprint density at radius 2 is 1.78 bits per heavy atom. The lowest BCUT2D eigenvalue weighted by Gasteiger charge is -2.35. The van der Waals surface area contributed by atoms with Crippen molar-refractivity contribution in [2.24, 2.45) is 0 Å². The molecule has 3 heterocycles. The van der Waals surface area contributed by atoms with Gasteiger partial charge < -0.3 is 19.2 Å². The summed E-state index contributed by atoms with van der Waals surface area (Å²) in [5, 5.41) is 11.0. The molecular weight excluding hydrogens is 456 g/mol. The van der Waals surface area contributed by atoms with E-state index in [-0.39, 0.29) is 17.4 Å². The van der Waals surface area contributed by atoms with Gasteiger partial charge in [0, 0.05) is 6.54 Å². The van der Waals surface area contributed by atoms with Crippen molar-refractivity contribution in [1.82, 2.24) is 9.80 Å². The number of carbonyl (C=O) groups is 2. The molecule has 2 aliphatic rings. The minimum Gasteiger partial charge on any atom is -0.503 e. The van der Waals surface area contributed by atoms with Gasteiger partial charge in [-0.25, -0.2) is 0 Å². The maximum atomic E-state index is 13.5. The summed E-state index contributed by atoms with van der Waals surface area (Å²) in [5.74, 6) is -0.694. The number of furan rings is 1. The highest BCUT2D eigenvalue weighted by Crippen LogP contribution is 2.41. The van der Waals surface area contributed by atoms with Crippen molar-refractivity contribution in [1.29, 1.82) is 0 Å². The van der Waals surface area contributed by atoms with E-state index in [0.717, 1.165) is 48.4 Å². The lowest BCUT2D eigenvalue weighted by atomic mass is 9.94. The number of ether oxygens (including phenoxy) is 1. The van der Waals surface area contributed by atoms with Crippen LogP contribution in [0.1, 0.15) is 52.2 Å². The number of nitrogens with zero attached hydrogens (tertiary/aromatic N) is 2. The van der Waals surface area contributed by atoms with Gasteiger partial charge in [0.2, 0.25) is 5.78 Å². The Labute approximate surface area is 210 Å². The fraction of sp³-hybridized carbons (Fsp3) is 0.310. The van der Waals surface area contributed by atoms with E-state index in [4.69, 9.17) is 9.15 Å². The summed E-state index contributed by atoms with van der Waals surface area (Å²) in [4.78, 5) is 30.9. The minimum absolute atomic E-state index is 0.0497. The quantitative estimate of drug-likeness (QED) is 0.451. The fourth-order valence-corrected chi connectivity index (χ4v) is 5.21. The molecule has 2 aliphatic heterocycles. The number of carbonyl (C=O) groups excluding carboxylic acids is 2. The lowest BCUT2D eigenvalue weighted by molar-refractivity contribution is -0.130. The molecule has 1 aromatic heterocycles. The number of amides is 1. The van der Waals surface area contributed by atoms with Gasteiger partial charge in [0.05, 0.1) is 31.0 Å². The Morgan fingerprint density at radius 1 is 1.08 bits per heavy atom. The first-order valence-corrected chi connectivity index (χ1v) is 12.2. The van der Waals surface area contributed by atoms with Crippen molar-refractivity contribution in [2.75, 3.05) is 26.7 Å². The molecule has 2 unspecified atom stereocenters. The summed E-state index contributed by atoms with van der Waals surface area (Å²) in [7, 11) is 1.63. The molecule has 0 spiro atoms. The van der Waals surface area contributed by atoms with E-state index < -0.39 is 23.5 Å². The number of aliphatic hydroxyl groups is 1. The highest BCUT2D eigenvalue weighted by atomic mass is 16.5. The van der Waals surface area contributed by atoms with Crippen LogP contribution in [0.5, 0.6) is 5.75 Å². The predicted octanol–water partition coefficient (Wildman–Crippen LogP) is 5.01. The third-order valence-electron chi connectivity index (χ3n) is 7.14. The van der Waals surface area contributed by atoms with Gasteiger partial charge in [0.1, 0.15) is 5.75 Å². The molecule has 0 bridgehead atoms. The van der Waals surface area contributed by atoms with Crippen LogP contribution in [-0.4, -0.2) is 53.3 Å². The Morgan fingerprint density at radius 3 is 2.39 bits per heavy atom. The van der Waals surface area contributed by atoms with E-state index in [1.807, 2.05) is 55.5 Å². The number of ketones is 1. The van der Waals surface area contributed by atoms with Gasteiger partial charge >= 0.3 is 0 Å². The number of hydrogen-bond donors (Lipinski definition) is 1. The number of aliphatic hydroxyl groups excluding tert-OH is 1. The molecular formula is C29H30N2O5. The summed E-state index contributed by atoms with van der Waals surface area (Å²) in [5.41, 5.74) is 2.94. The summed E-state index contributed by atoms with van der Waals surface area (Å²) < 4.78 is 10.7. The van der Waals surface area contributed by atoms with Gasteiger partial charge in [-0.1, -0.05) is 42.0 Å². The average Bonchev–Trinajstić information content (AvgIpc) is 3.66. The van der Waals surface area contributed by atoms with Crippen molar-refractivity contribution in [3.63, 3.8) is 0 Å². The molecule has 5 rings (SSSR count). The minimum atomic E-state index is -0.723. The van der Waals surface area contributed by atoms with Crippen LogP contribution in [-0.2, 0) is 4.79 Å². The van der Waals surface area contributed by atoms with Gasteiger partial charge in [0.15, 0.2) is 11.5 Å². The summed E-state index contributed by atoms with van der Waals surface area (Å²) in [6, 6.07) is 17.9. The van der Waals surface area contributed by atoms with Gasteiger partial charge in [0.25, 0.3) is 5.91 Å². The molecule has 1 amide bonds. The van der Waals surface area contributed by atoms with Crippen LogP contribution in [0, 0.1) is 6.92 Å². The SMILES string of the molecule is COc1ccc(C(CN2C(=O)C(O)=C(C(=O)c3ccco3)C2c2ccc(C)cc2)N2CCCC2)cc1. The number of hydrogen-bond acceptors (Lipinski definition) is 6. The summed E-state index contributed by atoms with van der Waals surface area (Å²) in [6.45, 7) is 4.15. The topological polar surface area (TPSA) is 83.2 Å². The van der Waals surface area contributed by atoms with E-state index in [1.54, 1.807) is 24.1 Å². The molecule has 186 valence electrons. The second kappa shape index (κ2) is 10.0. The van der Waals surface area contributed by atoms with Crippen molar-refractivity contribution in [3.05, 3.63) is 101 Å². The Kier molecular flexibility index (Phi) is 6.65. The van der Waals surface area contributed by atoms with Crippen LogP contribution in [0.4, 0.5) is 0 Å². The van der Waals surface area contributed by atoms with Crippen LogP contribution < -0.4 is 4.74 Å². The first-order valence-electron chi connectivity index (χ1n) is 12.2. The summed E-state index contributed by atoms with van der Waals surface area (Å²) in [6.07, 6.45) is 3.59. The van der Waals surface area contributed by atoms with Crippen molar-refractivity contribution in [2.45, 2.75) is 31.8 Å². The number of methoxy groups -OCH3 is 1. The van der Waals surface area contributed by atoms with Crippen LogP contribution in [0.2, 0.25) is 0 Å². The number of rotatable bonds is 8. The average molecular weight is 487 g/mol. The molecule has 2 aromatic carbocycles. The van der Waals surface area contributed by atoms with E-state index >= 15 is 0 Å². The fourth-order valence-electron chi connectivity index (χ4n) is 5.21. The zero-order valence-electron chi connectivity index (χ0n) is 20.5.